The standard InChI is InChI=1S/C21H31N5O2/c1-16(2)23-20-9-10-22-21(25-20)24-17-7-8-18(27-3)19(15-17)28-14-6-13-26-11-4-5-12-26/h7-10,15-16H,4-6,11-14H2,1-3H3,(H2,22,23,24,25). The average Bonchev–Trinajstić information content (AvgIpc) is 3.19. The fraction of sp³-hybridized carbons (Fsp3) is 0.524. The number of rotatable bonds is 10. The van der Waals surface area contributed by atoms with Crippen LogP contribution < -0.4 is 20.1 Å². The molecule has 152 valence electrons. The van der Waals surface area contributed by atoms with Crippen molar-refractivity contribution >= 4 is 17.5 Å². The highest BCUT2D eigenvalue weighted by Gasteiger charge is 2.11. The zero-order chi connectivity index (χ0) is 19.8. The number of ether oxygens (including phenoxy) is 2. The predicted molar refractivity (Wildman–Crippen MR) is 113 cm³/mol. The minimum atomic E-state index is 0.310. The summed E-state index contributed by atoms with van der Waals surface area (Å²) >= 11 is 0. The minimum absolute atomic E-state index is 0.310. The molecule has 1 saturated heterocycles. The number of hydrogen-bond acceptors (Lipinski definition) is 7. The Morgan fingerprint density at radius 1 is 1.14 bits per heavy atom. The van der Waals surface area contributed by atoms with Crippen LogP contribution in [0.2, 0.25) is 0 Å². The van der Waals surface area contributed by atoms with Gasteiger partial charge in [0.05, 0.1) is 13.7 Å². The molecule has 1 aliphatic rings. The van der Waals surface area contributed by atoms with Crippen molar-refractivity contribution < 1.29 is 9.47 Å². The first kappa shape index (κ1) is 20.2. The Labute approximate surface area is 167 Å². The fourth-order valence-electron chi connectivity index (χ4n) is 3.27. The molecule has 28 heavy (non-hydrogen) atoms. The van der Waals surface area contributed by atoms with Crippen LogP contribution in [0.15, 0.2) is 30.5 Å². The summed E-state index contributed by atoms with van der Waals surface area (Å²) in [5.41, 5.74) is 0.858. The normalized spacial score (nSPS) is 14.3. The van der Waals surface area contributed by atoms with Crippen LogP contribution in [0.5, 0.6) is 11.5 Å². The van der Waals surface area contributed by atoms with Gasteiger partial charge in [-0.25, -0.2) is 4.98 Å². The molecule has 2 N–H and O–H groups in total. The first-order chi connectivity index (χ1) is 13.6. The van der Waals surface area contributed by atoms with E-state index in [1.165, 1.54) is 25.9 Å². The molecule has 2 aromatic rings. The maximum Gasteiger partial charge on any atom is 0.229 e. The van der Waals surface area contributed by atoms with Gasteiger partial charge < -0.3 is 25.0 Å². The van der Waals surface area contributed by atoms with E-state index >= 15 is 0 Å². The number of methoxy groups -OCH3 is 1. The highest BCUT2D eigenvalue weighted by atomic mass is 16.5. The molecule has 0 spiro atoms. The van der Waals surface area contributed by atoms with Gasteiger partial charge in [-0.15, -0.1) is 0 Å². The molecular formula is C21H31N5O2. The predicted octanol–water partition coefficient (Wildman–Crippen LogP) is 3.91. The van der Waals surface area contributed by atoms with Gasteiger partial charge in [-0.05, 0) is 64.4 Å². The largest absolute Gasteiger partial charge is 0.493 e. The van der Waals surface area contributed by atoms with Crippen molar-refractivity contribution in [3.05, 3.63) is 30.5 Å². The van der Waals surface area contributed by atoms with Crippen molar-refractivity contribution in [2.75, 3.05) is 44.0 Å². The number of nitrogens with one attached hydrogen (secondary N) is 2. The van der Waals surface area contributed by atoms with Crippen LogP contribution >= 0.6 is 0 Å². The van der Waals surface area contributed by atoms with Crippen LogP contribution in [0.3, 0.4) is 0 Å². The van der Waals surface area contributed by atoms with Gasteiger partial charge in [-0.2, -0.15) is 4.98 Å². The summed E-state index contributed by atoms with van der Waals surface area (Å²) < 4.78 is 11.4. The van der Waals surface area contributed by atoms with Gasteiger partial charge in [0.15, 0.2) is 11.5 Å². The number of nitrogens with zero attached hydrogens (tertiary/aromatic N) is 3. The van der Waals surface area contributed by atoms with E-state index in [0.717, 1.165) is 36.0 Å². The van der Waals surface area contributed by atoms with Crippen molar-refractivity contribution in [3.63, 3.8) is 0 Å². The summed E-state index contributed by atoms with van der Waals surface area (Å²) in [5.74, 6) is 2.78. The van der Waals surface area contributed by atoms with E-state index in [0.29, 0.717) is 18.6 Å². The van der Waals surface area contributed by atoms with Crippen LogP contribution in [0.1, 0.15) is 33.1 Å². The van der Waals surface area contributed by atoms with Crippen LogP contribution in [0.25, 0.3) is 0 Å². The summed E-state index contributed by atoms with van der Waals surface area (Å²) in [4.78, 5) is 11.3. The third kappa shape index (κ3) is 5.99. The van der Waals surface area contributed by atoms with E-state index in [1.807, 2.05) is 24.3 Å². The number of anilines is 3. The molecular weight excluding hydrogens is 354 g/mol. The first-order valence-corrected chi connectivity index (χ1v) is 10.0. The maximum absolute atomic E-state index is 6.00. The molecule has 1 aromatic heterocycles. The van der Waals surface area contributed by atoms with Gasteiger partial charge in [0.1, 0.15) is 5.82 Å². The molecule has 1 fully saturated rings. The van der Waals surface area contributed by atoms with Gasteiger partial charge in [-0.1, -0.05) is 0 Å². The topological polar surface area (TPSA) is 71.5 Å². The quantitative estimate of drug-likeness (QED) is 0.601. The second kappa shape index (κ2) is 10.1. The zero-order valence-electron chi connectivity index (χ0n) is 17.1. The lowest BCUT2D eigenvalue weighted by Gasteiger charge is -2.16. The lowest BCUT2D eigenvalue weighted by molar-refractivity contribution is 0.254. The van der Waals surface area contributed by atoms with E-state index < -0.39 is 0 Å². The number of aromatic nitrogens is 2. The highest BCUT2D eigenvalue weighted by Crippen LogP contribution is 2.31. The van der Waals surface area contributed by atoms with Gasteiger partial charge in [0.2, 0.25) is 5.95 Å². The summed E-state index contributed by atoms with van der Waals surface area (Å²) in [6.07, 6.45) is 5.38. The van der Waals surface area contributed by atoms with Crippen molar-refractivity contribution in [2.45, 2.75) is 39.2 Å². The Bertz CT molecular complexity index is 747. The van der Waals surface area contributed by atoms with Crippen LogP contribution in [0, 0.1) is 0 Å². The monoisotopic (exact) mass is 385 g/mol. The molecule has 2 heterocycles. The molecule has 1 aromatic carbocycles. The molecule has 3 rings (SSSR count). The molecule has 0 radical (unpaired) electrons. The summed E-state index contributed by atoms with van der Waals surface area (Å²) in [7, 11) is 1.66. The van der Waals surface area contributed by atoms with E-state index in [4.69, 9.17) is 9.47 Å². The van der Waals surface area contributed by atoms with Crippen LogP contribution in [0.4, 0.5) is 17.5 Å². The van der Waals surface area contributed by atoms with Crippen molar-refractivity contribution in [3.8, 4) is 11.5 Å². The first-order valence-electron chi connectivity index (χ1n) is 10.0. The molecule has 7 nitrogen and oxygen atoms in total. The third-order valence-electron chi connectivity index (χ3n) is 4.59. The van der Waals surface area contributed by atoms with Crippen molar-refractivity contribution in [2.24, 2.45) is 0 Å². The second-order valence-corrected chi connectivity index (χ2v) is 7.31. The number of likely N-dealkylation sites (tertiary alicyclic amines) is 1. The van der Waals surface area contributed by atoms with Gasteiger partial charge in [0, 0.05) is 30.5 Å². The van der Waals surface area contributed by atoms with E-state index in [9.17, 15) is 0 Å². The fourth-order valence-corrected chi connectivity index (χ4v) is 3.27. The van der Waals surface area contributed by atoms with E-state index in [-0.39, 0.29) is 0 Å². The smallest absolute Gasteiger partial charge is 0.229 e. The highest BCUT2D eigenvalue weighted by molar-refractivity contribution is 5.60. The summed E-state index contributed by atoms with van der Waals surface area (Å²) in [6.45, 7) is 8.34. The van der Waals surface area contributed by atoms with Crippen molar-refractivity contribution in [1.29, 1.82) is 0 Å². The van der Waals surface area contributed by atoms with Crippen LogP contribution in [-0.2, 0) is 0 Å². The molecule has 7 heteroatoms. The lowest BCUT2D eigenvalue weighted by Crippen LogP contribution is -2.21. The Hall–Kier alpha value is -2.54. The molecule has 0 atom stereocenters. The Morgan fingerprint density at radius 3 is 2.71 bits per heavy atom. The van der Waals surface area contributed by atoms with Gasteiger partial charge in [-0.3, -0.25) is 0 Å². The molecule has 0 aliphatic carbocycles. The van der Waals surface area contributed by atoms with Gasteiger partial charge in [0.25, 0.3) is 0 Å². The Balaban J connectivity index is 1.60. The number of hydrogen-bond donors (Lipinski definition) is 2. The number of benzene rings is 1. The lowest BCUT2D eigenvalue weighted by atomic mass is 10.2. The van der Waals surface area contributed by atoms with E-state index in [1.54, 1.807) is 13.3 Å². The molecule has 0 unspecified atom stereocenters. The Kier molecular flexibility index (Phi) is 7.31. The third-order valence-corrected chi connectivity index (χ3v) is 4.59. The second-order valence-electron chi connectivity index (χ2n) is 7.31. The van der Waals surface area contributed by atoms with Gasteiger partial charge >= 0.3 is 0 Å². The Morgan fingerprint density at radius 2 is 1.96 bits per heavy atom. The molecule has 1 aliphatic heterocycles. The summed E-state index contributed by atoms with van der Waals surface area (Å²) in [5, 5.41) is 6.52. The summed E-state index contributed by atoms with van der Waals surface area (Å²) in [6, 6.07) is 7.93. The van der Waals surface area contributed by atoms with Crippen molar-refractivity contribution in [1.82, 2.24) is 14.9 Å². The maximum atomic E-state index is 6.00. The SMILES string of the molecule is COc1ccc(Nc2nccc(NC(C)C)n2)cc1OCCCN1CCCC1. The van der Waals surface area contributed by atoms with Crippen LogP contribution in [-0.4, -0.2) is 54.3 Å². The zero-order valence-corrected chi connectivity index (χ0v) is 17.1. The molecule has 0 saturated carbocycles. The molecule has 0 amide bonds. The molecule has 0 bridgehead atoms. The minimum Gasteiger partial charge on any atom is -0.493 e. The average molecular weight is 386 g/mol. The van der Waals surface area contributed by atoms with E-state index in [2.05, 4.69) is 39.3 Å².